The Hall–Kier alpha value is -3.18. The van der Waals surface area contributed by atoms with Gasteiger partial charge in [0, 0.05) is 32.2 Å². The molecule has 152 valence electrons. The lowest BCUT2D eigenvalue weighted by Gasteiger charge is -2.37. The van der Waals surface area contributed by atoms with E-state index in [0.29, 0.717) is 32.2 Å². The van der Waals surface area contributed by atoms with Gasteiger partial charge in [-0.05, 0) is 29.8 Å². The van der Waals surface area contributed by atoms with Crippen LogP contribution in [0.2, 0.25) is 0 Å². The predicted octanol–water partition coefficient (Wildman–Crippen LogP) is 2.76. The van der Waals surface area contributed by atoms with Gasteiger partial charge in [0.1, 0.15) is 17.6 Å². The topological polar surface area (TPSA) is 65.8 Å². The predicted molar refractivity (Wildman–Crippen MR) is 101 cm³/mol. The zero-order chi connectivity index (χ0) is 20.8. The molecule has 1 amide bonds. The van der Waals surface area contributed by atoms with E-state index in [2.05, 4.69) is 6.07 Å². The minimum atomic E-state index is -0.848. The van der Waals surface area contributed by atoms with Gasteiger partial charge < -0.3 is 14.4 Å². The van der Waals surface area contributed by atoms with Gasteiger partial charge in [0.2, 0.25) is 0 Å². The monoisotopic (exact) mass is 401 g/mol. The van der Waals surface area contributed by atoms with Crippen molar-refractivity contribution < 1.29 is 23.0 Å². The van der Waals surface area contributed by atoms with Gasteiger partial charge in [-0.3, -0.25) is 9.69 Å². The SMILES string of the molecule is COc1ccc(C(C#N)N2CCN(C(=O)COc3ccc(F)cc3F)CC2)cc1. The number of nitriles is 1. The minimum Gasteiger partial charge on any atom is -0.497 e. The van der Waals surface area contributed by atoms with E-state index in [9.17, 15) is 18.8 Å². The summed E-state index contributed by atoms with van der Waals surface area (Å²) in [5, 5.41) is 9.60. The van der Waals surface area contributed by atoms with Gasteiger partial charge in [0.05, 0.1) is 13.2 Å². The molecule has 8 heteroatoms. The van der Waals surface area contributed by atoms with E-state index < -0.39 is 17.7 Å². The maximum absolute atomic E-state index is 13.6. The summed E-state index contributed by atoms with van der Waals surface area (Å²) >= 11 is 0. The summed E-state index contributed by atoms with van der Waals surface area (Å²) < 4.78 is 36.8. The van der Waals surface area contributed by atoms with Crippen molar-refractivity contribution in [2.75, 3.05) is 39.9 Å². The standard InChI is InChI=1S/C21H21F2N3O3/c1-28-17-5-2-15(3-6-17)19(13-24)25-8-10-26(11-9-25)21(27)14-29-20-7-4-16(22)12-18(20)23/h2-7,12,19H,8-11,14H2,1H3. The molecule has 1 fully saturated rings. The van der Waals surface area contributed by atoms with Crippen LogP contribution in [0.1, 0.15) is 11.6 Å². The molecule has 1 atom stereocenters. The molecule has 1 aliphatic heterocycles. The Morgan fingerprint density at radius 2 is 1.83 bits per heavy atom. The molecule has 1 aliphatic rings. The molecule has 3 rings (SSSR count). The van der Waals surface area contributed by atoms with Crippen LogP contribution < -0.4 is 9.47 Å². The molecule has 0 bridgehead atoms. The number of carbonyl (C=O) groups is 1. The highest BCUT2D eigenvalue weighted by Crippen LogP contribution is 2.24. The van der Waals surface area contributed by atoms with E-state index in [1.54, 1.807) is 12.0 Å². The van der Waals surface area contributed by atoms with Crippen molar-refractivity contribution in [3.05, 3.63) is 59.7 Å². The Morgan fingerprint density at radius 3 is 2.41 bits per heavy atom. The van der Waals surface area contributed by atoms with Gasteiger partial charge in [-0.2, -0.15) is 5.26 Å². The Kier molecular flexibility index (Phi) is 6.62. The number of nitrogens with zero attached hydrogens (tertiary/aromatic N) is 3. The normalized spacial score (nSPS) is 15.4. The Bertz CT molecular complexity index is 891. The zero-order valence-electron chi connectivity index (χ0n) is 16.0. The number of amides is 1. The Morgan fingerprint density at radius 1 is 1.14 bits per heavy atom. The van der Waals surface area contributed by atoms with Gasteiger partial charge in [0.15, 0.2) is 18.2 Å². The molecule has 2 aromatic carbocycles. The van der Waals surface area contributed by atoms with E-state index in [0.717, 1.165) is 23.4 Å². The van der Waals surface area contributed by atoms with Crippen LogP contribution in [0.25, 0.3) is 0 Å². The maximum atomic E-state index is 13.6. The van der Waals surface area contributed by atoms with Crippen LogP contribution in [0.15, 0.2) is 42.5 Å². The van der Waals surface area contributed by atoms with E-state index in [1.807, 2.05) is 29.2 Å². The highest BCUT2D eigenvalue weighted by atomic mass is 19.1. The van der Waals surface area contributed by atoms with Crippen LogP contribution in [0.5, 0.6) is 11.5 Å². The van der Waals surface area contributed by atoms with E-state index in [4.69, 9.17) is 9.47 Å². The lowest BCUT2D eigenvalue weighted by Crippen LogP contribution is -2.50. The van der Waals surface area contributed by atoms with Crippen LogP contribution in [0.4, 0.5) is 8.78 Å². The first-order chi connectivity index (χ1) is 14.0. The van der Waals surface area contributed by atoms with E-state index in [-0.39, 0.29) is 18.3 Å². The zero-order valence-corrected chi connectivity index (χ0v) is 16.0. The number of hydrogen-bond acceptors (Lipinski definition) is 5. The highest BCUT2D eigenvalue weighted by Gasteiger charge is 2.27. The Balaban J connectivity index is 1.53. The summed E-state index contributed by atoms with van der Waals surface area (Å²) in [6.07, 6.45) is 0. The largest absolute Gasteiger partial charge is 0.497 e. The molecule has 29 heavy (non-hydrogen) atoms. The van der Waals surface area contributed by atoms with Crippen molar-refractivity contribution in [1.82, 2.24) is 9.80 Å². The molecule has 0 N–H and O–H groups in total. The third kappa shape index (κ3) is 5.00. The van der Waals surface area contributed by atoms with Gasteiger partial charge in [-0.15, -0.1) is 0 Å². The van der Waals surface area contributed by atoms with Crippen molar-refractivity contribution >= 4 is 5.91 Å². The molecule has 0 aliphatic carbocycles. The van der Waals surface area contributed by atoms with Crippen LogP contribution in [-0.2, 0) is 4.79 Å². The summed E-state index contributed by atoms with van der Waals surface area (Å²) in [5.41, 5.74) is 0.864. The third-order valence-corrected chi connectivity index (χ3v) is 4.83. The smallest absolute Gasteiger partial charge is 0.260 e. The molecule has 0 radical (unpaired) electrons. The number of piperazine rings is 1. The van der Waals surface area contributed by atoms with Gasteiger partial charge in [0.25, 0.3) is 5.91 Å². The second kappa shape index (κ2) is 9.34. The number of hydrogen-bond donors (Lipinski definition) is 0. The first kappa shape index (κ1) is 20.6. The van der Waals surface area contributed by atoms with Crippen molar-refractivity contribution in [1.29, 1.82) is 5.26 Å². The van der Waals surface area contributed by atoms with Crippen LogP contribution in [0.3, 0.4) is 0 Å². The average molecular weight is 401 g/mol. The van der Waals surface area contributed by atoms with Gasteiger partial charge in [-0.1, -0.05) is 12.1 Å². The highest BCUT2D eigenvalue weighted by molar-refractivity contribution is 5.77. The van der Waals surface area contributed by atoms with Crippen molar-refractivity contribution in [2.45, 2.75) is 6.04 Å². The van der Waals surface area contributed by atoms with E-state index >= 15 is 0 Å². The maximum Gasteiger partial charge on any atom is 0.260 e. The van der Waals surface area contributed by atoms with Crippen molar-refractivity contribution in [3.8, 4) is 17.6 Å². The van der Waals surface area contributed by atoms with Gasteiger partial charge in [-0.25, -0.2) is 8.78 Å². The molecule has 0 saturated carbocycles. The molecule has 0 aromatic heterocycles. The summed E-state index contributed by atoms with van der Waals surface area (Å²) in [5.74, 6) is -1.28. The number of benzene rings is 2. The summed E-state index contributed by atoms with van der Waals surface area (Å²) in [6.45, 7) is 1.59. The van der Waals surface area contributed by atoms with Crippen LogP contribution in [-0.4, -0.2) is 55.6 Å². The molecular formula is C21H21F2N3O3. The minimum absolute atomic E-state index is 0.164. The molecule has 6 nitrogen and oxygen atoms in total. The van der Waals surface area contributed by atoms with Gasteiger partial charge >= 0.3 is 0 Å². The molecular weight excluding hydrogens is 380 g/mol. The molecule has 0 spiro atoms. The first-order valence-corrected chi connectivity index (χ1v) is 9.15. The summed E-state index contributed by atoms with van der Waals surface area (Å²) in [4.78, 5) is 16.0. The summed E-state index contributed by atoms with van der Waals surface area (Å²) in [7, 11) is 1.58. The molecule has 1 unspecified atom stereocenters. The molecule has 1 saturated heterocycles. The Labute approximate surface area is 167 Å². The van der Waals surface area contributed by atoms with Crippen molar-refractivity contribution in [3.63, 3.8) is 0 Å². The fraction of sp³-hybridized carbons (Fsp3) is 0.333. The lowest BCUT2D eigenvalue weighted by molar-refractivity contribution is -0.135. The number of methoxy groups -OCH3 is 1. The third-order valence-electron chi connectivity index (χ3n) is 4.83. The fourth-order valence-electron chi connectivity index (χ4n) is 3.21. The quantitative estimate of drug-likeness (QED) is 0.745. The average Bonchev–Trinajstić information content (AvgIpc) is 2.74. The number of halogens is 2. The summed E-state index contributed by atoms with van der Waals surface area (Å²) in [6, 6.07) is 12.2. The second-order valence-corrected chi connectivity index (χ2v) is 6.58. The number of rotatable bonds is 6. The van der Waals surface area contributed by atoms with Crippen LogP contribution in [0, 0.1) is 23.0 Å². The molecule has 2 aromatic rings. The number of carbonyl (C=O) groups excluding carboxylic acids is 1. The fourth-order valence-corrected chi connectivity index (χ4v) is 3.21. The van der Waals surface area contributed by atoms with Crippen molar-refractivity contribution in [2.24, 2.45) is 0 Å². The van der Waals surface area contributed by atoms with Crippen LogP contribution >= 0.6 is 0 Å². The molecule has 1 heterocycles. The first-order valence-electron chi connectivity index (χ1n) is 9.15. The second-order valence-electron chi connectivity index (χ2n) is 6.58. The lowest BCUT2D eigenvalue weighted by atomic mass is 10.1. The van der Waals surface area contributed by atoms with E-state index in [1.165, 1.54) is 0 Å². The number of ether oxygens (including phenoxy) is 2.